The van der Waals surface area contributed by atoms with Gasteiger partial charge in [0.15, 0.2) is 5.65 Å². The number of aromatic nitrogens is 5. The van der Waals surface area contributed by atoms with Crippen molar-refractivity contribution >= 4 is 28.9 Å². The molecule has 0 spiro atoms. The van der Waals surface area contributed by atoms with Gasteiger partial charge >= 0.3 is 0 Å². The third-order valence-electron chi connectivity index (χ3n) is 3.00. The fourth-order valence-corrected chi connectivity index (χ4v) is 2.96. The van der Waals surface area contributed by atoms with Crippen LogP contribution in [0.2, 0.25) is 0 Å². The molecule has 0 fully saturated rings. The molecule has 0 saturated carbocycles. The minimum absolute atomic E-state index is 0.281. The predicted molar refractivity (Wildman–Crippen MR) is 83.8 cm³/mol. The largest absolute Gasteiger partial charge is 0.368 e. The van der Waals surface area contributed by atoms with E-state index in [4.69, 9.17) is 5.73 Å². The van der Waals surface area contributed by atoms with E-state index in [1.807, 2.05) is 22.8 Å². The van der Waals surface area contributed by atoms with Crippen LogP contribution in [0, 0.1) is 0 Å². The Bertz CT molecular complexity index is 740. The Morgan fingerprint density at radius 3 is 2.90 bits per heavy atom. The van der Waals surface area contributed by atoms with Gasteiger partial charge in [0, 0.05) is 18.5 Å². The third kappa shape index (κ3) is 2.97. The molecule has 0 bridgehead atoms. The van der Waals surface area contributed by atoms with Gasteiger partial charge in [-0.3, -0.25) is 4.98 Å². The molecule has 2 N–H and O–H groups in total. The van der Waals surface area contributed by atoms with Gasteiger partial charge < -0.3 is 10.3 Å². The fraction of sp³-hybridized carbons (Fsp3) is 0.286. The van der Waals surface area contributed by atoms with Crippen molar-refractivity contribution in [3.63, 3.8) is 0 Å². The normalized spacial score (nSPS) is 11.1. The van der Waals surface area contributed by atoms with E-state index < -0.39 is 0 Å². The van der Waals surface area contributed by atoms with Crippen molar-refractivity contribution < 1.29 is 0 Å². The molecule has 21 heavy (non-hydrogen) atoms. The number of pyridine rings is 1. The standard InChI is InChI=1S/C14H16N6S/c1-2-7-20-9-17-11-12(20)18-14(15)19-13(11)21-8-10-5-3-4-6-16-10/h3-6,9H,2,7-8H2,1H3,(H2,15,18,19). The number of nitrogens with zero attached hydrogens (tertiary/aromatic N) is 5. The van der Waals surface area contributed by atoms with E-state index >= 15 is 0 Å². The van der Waals surface area contributed by atoms with Crippen LogP contribution in [-0.2, 0) is 12.3 Å². The Morgan fingerprint density at radius 2 is 2.14 bits per heavy atom. The van der Waals surface area contributed by atoms with Gasteiger partial charge in [0.2, 0.25) is 5.95 Å². The van der Waals surface area contributed by atoms with Crippen molar-refractivity contribution in [3.05, 3.63) is 36.4 Å². The molecular formula is C14H16N6S. The summed E-state index contributed by atoms with van der Waals surface area (Å²) >= 11 is 1.58. The SMILES string of the molecule is CCCn1cnc2c(SCc3ccccn3)nc(N)nc21. The Kier molecular flexibility index (Phi) is 4.01. The van der Waals surface area contributed by atoms with Crippen molar-refractivity contribution in [2.75, 3.05) is 5.73 Å². The average molecular weight is 300 g/mol. The van der Waals surface area contributed by atoms with E-state index in [2.05, 4.69) is 26.9 Å². The zero-order valence-corrected chi connectivity index (χ0v) is 12.5. The summed E-state index contributed by atoms with van der Waals surface area (Å²) < 4.78 is 2.01. The van der Waals surface area contributed by atoms with Crippen LogP contribution in [0.3, 0.4) is 0 Å². The van der Waals surface area contributed by atoms with Gasteiger partial charge in [-0.2, -0.15) is 4.98 Å². The summed E-state index contributed by atoms with van der Waals surface area (Å²) in [7, 11) is 0. The zero-order valence-electron chi connectivity index (χ0n) is 11.7. The summed E-state index contributed by atoms with van der Waals surface area (Å²) in [5.41, 5.74) is 8.43. The molecule has 3 aromatic rings. The number of aryl methyl sites for hydroxylation is 1. The van der Waals surface area contributed by atoms with E-state index in [1.165, 1.54) is 0 Å². The maximum atomic E-state index is 5.83. The lowest BCUT2D eigenvalue weighted by molar-refractivity contribution is 0.691. The molecule has 3 rings (SSSR count). The molecule has 0 unspecified atom stereocenters. The van der Waals surface area contributed by atoms with Crippen molar-refractivity contribution in [2.24, 2.45) is 0 Å². The summed E-state index contributed by atoms with van der Waals surface area (Å²) in [6.07, 6.45) is 4.61. The first-order chi connectivity index (χ1) is 10.3. The minimum Gasteiger partial charge on any atom is -0.368 e. The molecule has 108 valence electrons. The molecule has 0 radical (unpaired) electrons. The Labute approximate surface area is 126 Å². The summed E-state index contributed by atoms with van der Waals surface area (Å²) in [6.45, 7) is 2.99. The van der Waals surface area contributed by atoms with Crippen LogP contribution < -0.4 is 5.73 Å². The number of hydrogen-bond acceptors (Lipinski definition) is 6. The van der Waals surface area contributed by atoms with Crippen molar-refractivity contribution in [3.8, 4) is 0 Å². The first kappa shape index (κ1) is 13.8. The number of hydrogen-bond donors (Lipinski definition) is 1. The second-order valence-corrected chi connectivity index (χ2v) is 5.57. The number of nitrogen functional groups attached to an aromatic ring is 1. The molecule has 0 atom stereocenters. The molecule has 3 heterocycles. The third-order valence-corrected chi connectivity index (χ3v) is 3.99. The number of fused-ring (bicyclic) bond motifs is 1. The zero-order chi connectivity index (χ0) is 14.7. The van der Waals surface area contributed by atoms with Gasteiger partial charge in [0.1, 0.15) is 10.5 Å². The Hall–Kier alpha value is -2.15. The number of imidazole rings is 1. The first-order valence-corrected chi connectivity index (χ1v) is 7.77. The van der Waals surface area contributed by atoms with E-state index in [0.29, 0.717) is 0 Å². The second kappa shape index (κ2) is 6.09. The number of thioether (sulfide) groups is 1. The van der Waals surface area contributed by atoms with Crippen LogP contribution in [0.5, 0.6) is 0 Å². The lowest BCUT2D eigenvalue weighted by atomic mass is 10.4. The molecule has 0 aliphatic heterocycles. The topological polar surface area (TPSA) is 82.5 Å². The highest BCUT2D eigenvalue weighted by Crippen LogP contribution is 2.27. The van der Waals surface area contributed by atoms with E-state index in [1.54, 1.807) is 24.3 Å². The summed E-state index contributed by atoms with van der Waals surface area (Å²) in [4.78, 5) is 17.4. The van der Waals surface area contributed by atoms with Gasteiger partial charge in [-0.25, -0.2) is 9.97 Å². The molecule has 6 nitrogen and oxygen atoms in total. The molecule has 0 amide bonds. The van der Waals surface area contributed by atoms with Crippen molar-refractivity contribution in [2.45, 2.75) is 30.7 Å². The number of rotatable bonds is 5. The first-order valence-electron chi connectivity index (χ1n) is 6.79. The molecule has 7 heteroatoms. The predicted octanol–water partition coefficient (Wildman–Crippen LogP) is 2.51. The van der Waals surface area contributed by atoms with E-state index in [9.17, 15) is 0 Å². The molecule has 0 aliphatic carbocycles. The van der Waals surface area contributed by atoms with E-state index in [-0.39, 0.29) is 5.95 Å². The minimum atomic E-state index is 0.281. The van der Waals surface area contributed by atoms with Gasteiger partial charge in [-0.15, -0.1) is 0 Å². The number of anilines is 1. The van der Waals surface area contributed by atoms with E-state index in [0.717, 1.165) is 40.6 Å². The van der Waals surface area contributed by atoms with Crippen LogP contribution >= 0.6 is 11.8 Å². The second-order valence-electron chi connectivity index (χ2n) is 4.61. The molecule has 0 aromatic carbocycles. The highest BCUT2D eigenvalue weighted by Gasteiger charge is 2.12. The molecule has 0 aliphatic rings. The Balaban J connectivity index is 1.91. The maximum absolute atomic E-state index is 5.83. The van der Waals surface area contributed by atoms with Crippen LogP contribution in [0.15, 0.2) is 35.7 Å². The van der Waals surface area contributed by atoms with Crippen LogP contribution in [0.25, 0.3) is 11.2 Å². The quantitative estimate of drug-likeness (QED) is 0.576. The number of nitrogens with two attached hydrogens (primary N) is 1. The molecular weight excluding hydrogens is 284 g/mol. The van der Waals surface area contributed by atoms with Gasteiger partial charge in [0.05, 0.1) is 12.0 Å². The highest BCUT2D eigenvalue weighted by atomic mass is 32.2. The molecule has 3 aromatic heterocycles. The molecule has 0 saturated heterocycles. The van der Waals surface area contributed by atoms with Crippen molar-refractivity contribution in [1.29, 1.82) is 0 Å². The smallest absolute Gasteiger partial charge is 0.223 e. The van der Waals surface area contributed by atoms with Crippen molar-refractivity contribution in [1.82, 2.24) is 24.5 Å². The average Bonchev–Trinajstić information content (AvgIpc) is 2.89. The summed E-state index contributed by atoms with van der Waals surface area (Å²) in [5.74, 6) is 1.01. The van der Waals surface area contributed by atoms with Gasteiger partial charge in [-0.1, -0.05) is 24.8 Å². The van der Waals surface area contributed by atoms with Crippen LogP contribution in [0.1, 0.15) is 19.0 Å². The van der Waals surface area contributed by atoms with Gasteiger partial charge in [0.25, 0.3) is 0 Å². The fourth-order valence-electron chi connectivity index (χ4n) is 2.07. The lowest BCUT2D eigenvalue weighted by Gasteiger charge is -2.04. The Morgan fingerprint density at radius 1 is 1.24 bits per heavy atom. The van der Waals surface area contributed by atoms with Crippen LogP contribution in [-0.4, -0.2) is 24.5 Å². The maximum Gasteiger partial charge on any atom is 0.223 e. The lowest BCUT2D eigenvalue weighted by Crippen LogP contribution is -2.01. The highest BCUT2D eigenvalue weighted by molar-refractivity contribution is 7.98. The monoisotopic (exact) mass is 300 g/mol. The van der Waals surface area contributed by atoms with Crippen LogP contribution in [0.4, 0.5) is 5.95 Å². The van der Waals surface area contributed by atoms with Gasteiger partial charge in [-0.05, 0) is 18.6 Å². The summed E-state index contributed by atoms with van der Waals surface area (Å²) in [6, 6.07) is 5.87. The summed E-state index contributed by atoms with van der Waals surface area (Å²) in [5, 5.41) is 0.804.